The molecule has 2 heterocycles. The lowest BCUT2D eigenvalue weighted by molar-refractivity contribution is -0.116. The Kier molecular flexibility index (Phi) is 4.99. The monoisotopic (exact) mass is 390 g/mol. The van der Waals surface area contributed by atoms with E-state index in [9.17, 15) is 9.59 Å². The van der Waals surface area contributed by atoms with Crippen molar-refractivity contribution in [2.75, 3.05) is 5.32 Å². The minimum Gasteiger partial charge on any atom is -0.302 e. The molecule has 0 saturated heterocycles. The number of para-hydroxylation sites is 2. The van der Waals surface area contributed by atoms with Crippen molar-refractivity contribution >= 4 is 39.3 Å². The molecule has 7 heteroatoms. The van der Waals surface area contributed by atoms with E-state index in [2.05, 4.69) is 15.3 Å². The number of fused-ring (bicyclic) bond motifs is 1. The van der Waals surface area contributed by atoms with Gasteiger partial charge in [-0.3, -0.25) is 14.2 Å². The van der Waals surface area contributed by atoms with Crippen LogP contribution in [-0.2, 0) is 11.2 Å². The van der Waals surface area contributed by atoms with Crippen LogP contribution in [0.15, 0.2) is 60.0 Å². The van der Waals surface area contributed by atoms with Crippen molar-refractivity contribution in [3.8, 4) is 0 Å². The second-order valence-electron chi connectivity index (χ2n) is 6.36. The smallest absolute Gasteiger partial charge is 0.283 e. The van der Waals surface area contributed by atoms with E-state index in [0.29, 0.717) is 23.8 Å². The van der Waals surface area contributed by atoms with E-state index in [-0.39, 0.29) is 17.5 Å². The molecule has 140 valence electrons. The zero-order valence-corrected chi connectivity index (χ0v) is 16.1. The van der Waals surface area contributed by atoms with Crippen molar-refractivity contribution in [1.29, 1.82) is 0 Å². The van der Waals surface area contributed by atoms with Crippen LogP contribution in [0.3, 0.4) is 0 Å². The second-order valence-corrected chi connectivity index (χ2v) is 7.22. The molecule has 0 bridgehead atoms. The third kappa shape index (κ3) is 3.70. The van der Waals surface area contributed by atoms with Crippen LogP contribution in [0.5, 0.6) is 0 Å². The summed E-state index contributed by atoms with van der Waals surface area (Å²) in [7, 11) is 0. The molecule has 4 aromatic rings. The Balaban J connectivity index is 1.46. The maximum Gasteiger partial charge on any atom is 0.283 e. The predicted octanol–water partition coefficient (Wildman–Crippen LogP) is 4.06. The first-order valence-electron chi connectivity index (χ1n) is 8.90. The van der Waals surface area contributed by atoms with Crippen LogP contribution in [-0.4, -0.2) is 26.3 Å². The van der Waals surface area contributed by atoms with Gasteiger partial charge in [0.15, 0.2) is 5.13 Å². The van der Waals surface area contributed by atoms with Crippen molar-refractivity contribution < 1.29 is 9.59 Å². The predicted molar refractivity (Wildman–Crippen MR) is 110 cm³/mol. The Morgan fingerprint density at radius 3 is 2.61 bits per heavy atom. The molecule has 6 nitrogen and oxygen atoms in total. The summed E-state index contributed by atoms with van der Waals surface area (Å²) in [5.74, 6) is 0.223. The number of aryl methyl sites for hydroxylation is 2. The van der Waals surface area contributed by atoms with E-state index in [1.54, 1.807) is 16.9 Å². The summed E-state index contributed by atoms with van der Waals surface area (Å²) in [6.07, 6.45) is 1.02. The average molecular weight is 390 g/mol. The number of benzene rings is 2. The van der Waals surface area contributed by atoms with Crippen molar-refractivity contribution in [2.45, 2.75) is 19.8 Å². The molecule has 28 heavy (non-hydrogen) atoms. The Hall–Kier alpha value is -3.32. The van der Waals surface area contributed by atoms with E-state index in [0.717, 1.165) is 16.6 Å². The van der Waals surface area contributed by atoms with Gasteiger partial charge in [-0.25, -0.2) is 9.97 Å². The normalized spacial score (nSPS) is 10.9. The Bertz CT molecular complexity index is 1150. The largest absolute Gasteiger partial charge is 0.302 e. The highest BCUT2D eigenvalue weighted by atomic mass is 32.1. The maximum atomic E-state index is 12.9. The topological polar surface area (TPSA) is 76.9 Å². The molecular formula is C21H18N4O2S. The molecule has 0 spiro atoms. The Morgan fingerprint density at radius 2 is 1.79 bits per heavy atom. The van der Waals surface area contributed by atoms with E-state index in [1.165, 1.54) is 11.3 Å². The number of nitrogens with one attached hydrogen (secondary N) is 1. The van der Waals surface area contributed by atoms with Crippen LogP contribution in [0.4, 0.5) is 5.13 Å². The fourth-order valence-electron chi connectivity index (χ4n) is 3.03. The van der Waals surface area contributed by atoms with Gasteiger partial charge in [0.1, 0.15) is 11.5 Å². The Morgan fingerprint density at radius 1 is 1.04 bits per heavy atom. The molecule has 0 saturated carbocycles. The van der Waals surface area contributed by atoms with Crippen LogP contribution < -0.4 is 5.32 Å². The van der Waals surface area contributed by atoms with E-state index in [1.807, 2.05) is 54.6 Å². The van der Waals surface area contributed by atoms with Crippen molar-refractivity contribution in [3.05, 3.63) is 77.1 Å². The summed E-state index contributed by atoms with van der Waals surface area (Å²) in [5.41, 5.74) is 2.90. The van der Waals surface area contributed by atoms with Crippen LogP contribution in [0.25, 0.3) is 11.0 Å². The molecule has 0 aliphatic heterocycles. The number of carbonyl (C=O) groups excluding carboxylic acids is 2. The zero-order valence-electron chi connectivity index (χ0n) is 15.3. The number of imidazole rings is 1. The van der Waals surface area contributed by atoms with Gasteiger partial charge in [0, 0.05) is 11.8 Å². The number of aromatic nitrogens is 3. The molecule has 0 fully saturated rings. The number of rotatable bonds is 5. The van der Waals surface area contributed by atoms with Gasteiger partial charge in [-0.05, 0) is 31.0 Å². The average Bonchev–Trinajstić information content (AvgIpc) is 3.30. The van der Waals surface area contributed by atoms with Gasteiger partial charge in [-0.2, -0.15) is 0 Å². The van der Waals surface area contributed by atoms with Crippen molar-refractivity contribution in [3.63, 3.8) is 0 Å². The molecule has 2 aromatic heterocycles. The number of hydrogen-bond donors (Lipinski definition) is 1. The minimum atomic E-state index is -0.257. The first-order chi connectivity index (χ1) is 13.6. The molecule has 0 aliphatic carbocycles. The summed E-state index contributed by atoms with van der Waals surface area (Å²) >= 11 is 1.24. The highest BCUT2D eigenvalue weighted by Crippen LogP contribution is 2.21. The molecule has 0 atom stereocenters. The minimum absolute atomic E-state index is 0.124. The van der Waals surface area contributed by atoms with Crippen LogP contribution in [0.1, 0.15) is 28.3 Å². The van der Waals surface area contributed by atoms with Crippen LogP contribution in [0, 0.1) is 6.92 Å². The van der Waals surface area contributed by atoms with Crippen LogP contribution in [0.2, 0.25) is 0 Å². The molecule has 1 N–H and O–H groups in total. The van der Waals surface area contributed by atoms with E-state index in [4.69, 9.17) is 0 Å². The third-order valence-electron chi connectivity index (χ3n) is 4.38. The third-order valence-corrected chi connectivity index (χ3v) is 5.14. The number of thiazole rings is 1. The maximum absolute atomic E-state index is 12.9. The second kappa shape index (κ2) is 7.74. The summed E-state index contributed by atoms with van der Waals surface area (Å²) in [5, 5.41) is 4.85. The van der Waals surface area contributed by atoms with Gasteiger partial charge in [0.2, 0.25) is 5.91 Å². The van der Waals surface area contributed by atoms with E-state index >= 15 is 0 Å². The highest BCUT2D eigenvalue weighted by molar-refractivity contribution is 7.14. The lowest BCUT2D eigenvalue weighted by atomic mass is 10.1. The number of anilines is 1. The van der Waals surface area contributed by atoms with Gasteiger partial charge < -0.3 is 5.32 Å². The molecular weight excluding hydrogens is 372 g/mol. The molecule has 2 aromatic carbocycles. The van der Waals surface area contributed by atoms with Gasteiger partial charge in [0.25, 0.3) is 5.91 Å². The lowest BCUT2D eigenvalue weighted by Crippen LogP contribution is -2.15. The first kappa shape index (κ1) is 18.1. The van der Waals surface area contributed by atoms with Crippen LogP contribution >= 0.6 is 11.3 Å². The summed E-state index contributed by atoms with van der Waals surface area (Å²) < 4.78 is 1.55. The molecule has 0 unspecified atom stereocenters. The molecule has 4 rings (SSSR count). The highest BCUT2D eigenvalue weighted by Gasteiger charge is 2.19. The zero-order chi connectivity index (χ0) is 19.5. The number of carbonyl (C=O) groups is 2. The summed E-state index contributed by atoms with van der Waals surface area (Å²) in [6.45, 7) is 1.79. The first-order valence-corrected chi connectivity index (χ1v) is 9.78. The standard InChI is InChI=1S/C21H18N4O2S/c1-14-22-16-9-5-6-10-18(16)25(14)20(27)17-13-28-21(23-17)24-19(26)12-11-15-7-3-2-4-8-15/h2-10,13H,11-12H2,1H3,(H,23,24,26). The van der Waals surface area contributed by atoms with E-state index < -0.39 is 0 Å². The van der Waals surface area contributed by atoms with Gasteiger partial charge >= 0.3 is 0 Å². The fraction of sp³-hybridized carbons (Fsp3) is 0.143. The number of amides is 1. The molecule has 1 amide bonds. The Labute approximate surface area is 165 Å². The lowest BCUT2D eigenvalue weighted by Gasteiger charge is -2.03. The van der Waals surface area contributed by atoms with Crippen molar-refractivity contribution in [2.24, 2.45) is 0 Å². The number of hydrogen-bond acceptors (Lipinski definition) is 5. The van der Waals surface area contributed by atoms with Gasteiger partial charge in [-0.1, -0.05) is 42.5 Å². The molecule has 0 radical (unpaired) electrons. The summed E-state index contributed by atoms with van der Waals surface area (Å²) in [4.78, 5) is 33.8. The summed E-state index contributed by atoms with van der Waals surface area (Å²) in [6, 6.07) is 17.3. The van der Waals surface area contributed by atoms with Crippen molar-refractivity contribution in [1.82, 2.24) is 14.5 Å². The SMILES string of the molecule is Cc1nc2ccccc2n1C(=O)c1csc(NC(=O)CCc2ccccc2)n1. The van der Waals surface area contributed by atoms with Gasteiger partial charge in [-0.15, -0.1) is 11.3 Å². The van der Waals surface area contributed by atoms with Gasteiger partial charge in [0.05, 0.1) is 11.0 Å². The molecule has 0 aliphatic rings. The number of nitrogens with zero attached hydrogens (tertiary/aromatic N) is 3. The quantitative estimate of drug-likeness (QED) is 0.557. The fourth-order valence-corrected chi connectivity index (χ4v) is 3.73.